The lowest BCUT2D eigenvalue weighted by Crippen LogP contribution is -1.98. The molecule has 12 aromatic rings. The Hall–Kier alpha value is -9.56. The average molecular weight is 870 g/mol. The van der Waals surface area contributed by atoms with Gasteiger partial charge in [0.05, 0.1) is 67.9 Å². The maximum absolute atomic E-state index is 9.48. The van der Waals surface area contributed by atoms with Crippen LogP contribution in [0.15, 0.2) is 201 Å². The molecule has 0 spiro atoms. The maximum atomic E-state index is 9.48. The van der Waals surface area contributed by atoms with Crippen LogP contribution < -0.4 is 0 Å². The van der Waals surface area contributed by atoms with Crippen molar-refractivity contribution in [2.45, 2.75) is 6.92 Å². The molecule has 7 nitrogen and oxygen atoms in total. The summed E-state index contributed by atoms with van der Waals surface area (Å²) in [7, 11) is 0. The van der Waals surface area contributed by atoms with Crippen molar-refractivity contribution in [2.75, 3.05) is 0 Å². The summed E-state index contributed by atoms with van der Waals surface area (Å²) in [6, 6.07) is 69.1. The number of hydrogen-bond donors (Lipinski definition) is 0. The van der Waals surface area contributed by atoms with E-state index >= 15 is 0 Å². The van der Waals surface area contributed by atoms with Gasteiger partial charge in [-0.15, -0.1) is 0 Å². The first-order chi connectivity index (χ1) is 33.5. The molecule has 0 N–H and O–H groups in total. The highest BCUT2D eigenvalue weighted by Crippen LogP contribution is 2.40. The highest BCUT2D eigenvalue weighted by molar-refractivity contribution is 6.13. The minimum absolute atomic E-state index is 0.542. The number of fused-ring (bicyclic) bond motifs is 7. The summed E-state index contributed by atoms with van der Waals surface area (Å²) >= 11 is 0. The lowest BCUT2D eigenvalue weighted by Gasteiger charge is -2.12. The van der Waals surface area contributed by atoms with Crippen LogP contribution in [0.3, 0.4) is 0 Å². The normalized spacial score (nSPS) is 11.6. The fraction of sp³-hybridized carbons (Fsp3) is 0.0164. The molecule has 0 amide bonds. The Bertz CT molecular complexity index is 3980. The molecule has 0 aliphatic rings. The van der Waals surface area contributed by atoms with E-state index in [-0.39, 0.29) is 0 Å². The van der Waals surface area contributed by atoms with Gasteiger partial charge < -0.3 is 13.7 Å². The zero-order chi connectivity index (χ0) is 45.9. The topological polar surface area (TPSA) is 88.1 Å². The highest BCUT2D eigenvalue weighted by atomic mass is 15.0. The Morgan fingerprint density at radius 1 is 0.441 bits per heavy atom. The summed E-state index contributed by atoms with van der Waals surface area (Å²) in [6.45, 7) is 6.35. The van der Waals surface area contributed by atoms with Crippen LogP contribution in [-0.2, 0) is 0 Å². The first-order valence-corrected chi connectivity index (χ1v) is 22.5. The van der Waals surface area contributed by atoms with Crippen molar-refractivity contribution in [1.29, 1.82) is 10.5 Å². The molecule has 0 aliphatic carbocycles. The fourth-order valence-electron chi connectivity index (χ4n) is 9.92. The van der Waals surface area contributed by atoms with Crippen LogP contribution in [-0.4, -0.2) is 23.7 Å². The molecule has 0 aliphatic heterocycles. The SMILES string of the molecule is C=Cc1c(/C=C\C)c2ccccc2n1-c1ccc2c(c1)c1cc(-n3c4ccccc4c4ccccc43)ccc1n2-c1ccc(-c2cc(-c3ccc(C#N)cc3)nc(-c3ccc(C#N)cc3)n2)cc1. The molecule has 7 heteroatoms. The quantitative estimate of drug-likeness (QED) is 0.152. The van der Waals surface area contributed by atoms with E-state index in [0.717, 1.165) is 94.8 Å². The van der Waals surface area contributed by atoms with Crippen molar-refractivity contribution in [3.8, 4) is 63.1 Å². The number of allylic oxidation sites excluding steroid dienone is 1. The summed E-state index contributed by atoms with van der Waals surface area (Å²) < 4.78 is 7.06. The van der Waals surface area contributed by atoms with Crippen molar-refractivity contribution in [3.05, 3.63) is 223 Å². The van der Waals surface area contributed by atoms with E-state index in [2.05, 4.69) is 185 Å². The monoisotopic (exact) mass is 869 g/mol. The number of aromatic nitrogens is 5. The number of para-hydroxylation sites is 3. The van der Waals surface area contributed by atoms with Gasteiger partial charge in [0.15, 0.2) is 5.82 Å². The fourth-order valence-corrected chi connectivity index (χ4v) is 9.92. The third-order valence-corrected chi connectivity index (χ3v) is 13.0. The summed E-state index contributed by atoms with van der Waals surface area (Å²) in [6.07, 6.45) is 6.22. The van der Waals surface area contributed by atoms with Gasteiger partial charge in [0.2, 0.25) is 0 Å². The van der Waals surface area contributed by atoms with E-state index in [0.29, 0.717) is 17.0 Å². The average Bonchev–Trinajstić information content (AvgIpc) is 4.03. The van der Waals surface area contributed by atoms with E-state index in [4.69, 9.17) is 9.97 Å². The van der Waals surface area contributed by atoms with Gasteiger partial charge in [-0.25, -0.2) is 9.97 Å². The van der Waals surface area contributed by atoms with Crippen LogP contribution in [0.2, 0.25) is 0 Å². The molecule has 0 saturated heterocycles. The van der Waals surface area contributed by atoms with Crippen molar-refractivity contribution in [2.24, 2.45) is 0 Å². The lowest BCUT2D eigenvalue weighted by atomic mass is 10.0. The summed E-state index contributed by atoms with van der Waals surface area (Å²) in [5, 5.41) is 24.8. The Kier molecular flexibility index (Phi) is 9.50. The van der Waals surface area contributed by atoms with Crippen molar-refractivity contribution in [3.63, 3.8) is 0 Å². The second kappa shape index (κ2) is 16.2. The summed E-state index contributed by atoms with van der Waals surface area (Å²) in [5.41, 5.74) is 16.2. The smallest absolute Gasteiger partial charge is 0.160 e. The number of nitrogens with zero attached hydrogens (tertiary/aromatic N) is 7. The molecule has 318 valence electrons. The zero-order valence-corrected chi connectivity index (χ0v) is 37.0. The molecule has 4 heterocycles. The largest absolute Gasteiger partial charge is 0.309 e. The minimum Gasteiger partial charge on any atom is -0.309 e. The first kappa shape index (κ1) is 40.0. The van der Waals surface area contributed by atoms with Gasteiger partial charge in [-0.2, -0.15) is 10.5 Å². The predicted octanol–water partition coefficient (Wildman–Crippen LogP) is 15.0. The second-order valence-electron chi connectivity index (χ2n) is 16.9. The molecule has 68 heavy (non-hydrogen) atoms. The molecule has 0 bridgehead atoms. The van der Waals surface area contributed by atoms with Gasteiger partial charge in [-0.05, 0) is 122 Å². The van der Waals surface area contributed by atoms with E-state index in [9.17, 15) is 10.5 Å². The van der Waals surface area contributed by atoms with Crippen molar-refractivity contribution >= 4 is 66.7 Å². The van der Waals surface area contributed by atoms with E-state index in [1.165, 1.54) is 16.2 Å². The Morgan fingerprint density at radius 2 is 0.868 bits per heavy atom. The molecule has 4 aromatic heterocycles. The molecule has 0 radical (unpaired) electrons. The minimum atomic E-state index is 0.542. The number of nitriles is 2. The van der Waals surface area contributed by atoms with Gasteiger partial charge in [0, 0.05) is 66.2 Å². The lowest BCUT2D eigenvalue weighted by molar-refractivity contribution is 1.11. The summed E-state index contributed by atoms with van der Waals surface area (Å²) in [4.78, 5) is 10.0. The number of rotatable bonds is 8. The van der Waals surface area contributed by atoms with Gasteiger partial charge in [-0.3, -0.25) is 0 Å². The standard InChI is InChI=1S/C61H39N7/c1-3-11-47-48-12-5-8-15-56(48)67(55(47)4-2)45-30-32-59-51(34-45)52-35-46(68-57-16-9-6-13-49(57)50-14-7-10-17-58(50)68)31-33-60(52)66(59)44-28-26-42(27-29-44)54-36-53(41-22-18-39(37-62)19-23-41)64-61(65-54)43-24-20-40(38-63)21-25-43/h3-36H,2H2,1H3/b11-3-. The molecule has 0 atom stereocenters. The van der Waals surface area contributed by atoms with E-state index < -0.39 is 0 Å². The van der Waals surface area contributed by atoms with Crippen LogP contribution in [0.5, 0.6) is 0 Å². The van der Waals surface area contributed by atoms with Crippen LogP contribution in [0.1, 0.15) is 29.3 Å². The molecule has 0 unspecified atom stereocenters. The third kappa shape index (κ3) is 6.42. The van der Waals surface area contributed by atoms with Crippen LogP contribution in [0.25, 0.3) is 118 Å². The van der Waals surface area contributed by atoms with Gasteiger partial charge in [0.1, 0.15) is 0 Å². The predicted molar refractivity (Wildman–Crippen MR) is 278 cm³/mol. The Labute approximate surface area is 392 Å². The molecular formula is C61H39N7. The van der Waals surface area contributed by atoms with Crippen LogP contribution >= 0.6 is 0 Å². The van der Waals surface area contributed by atoms with Gasteiger partial charge >= 0.3 is 0 Å². The van der Waals surface area contributed by atoms with Crippen molar-refractivity contribution in [1.82, 2.24) is 23.7 Å². The van der Waals surface area contributed by atoms with Crippen LogP contribution in [0, 0.1) is 22.7 Å². The molecule has 8 aromatic carbocycles. The van der Waals surface area contributed by atoms with Gasteiger partial charge in [0.25, 0.3) is 0 Å². The third-order valence-electron chi connectivity index (χ3n) is 13.0. The van der Waals surface area contributed by atoms with E-state index in [1.54, 1.807) is 24.3 Å². The highest BCUT2D eigenvalue weighted by Gasteiger charge is 2.20. The number of hydrogen-bond acceptors (Lipinski definition) is 4. The Balaban J connectivity index is 1.05. The Morgan fingerprint density at radius 3 is 1.38 bits per heavy atom. The van der Waals surface area contributed by atoms with E-state index in [1.807, 2.05) is 36.4 Å². The molecule has 12 rings (SSSR count). The molecule has 0 fully saturated rings. The summed E-state index contributed by atoms with van der Waals surface area (Å²) in [5.74, 6) is 0.542. The van der Waals surface area contributed by atoms with Gasteiger partial charge in [-0.1, -0.05) is 97.6 Å². The molecule has 0 saturated carbocycles. The zero-order valence-electron chi connectivity index (χ0n) is 37.0. The molecular weight excluding hydrogens is 831 g/mol. The van der Waals surface area contributed by atoms with Crippen molar-refractivity contribution < 1.29 is 0 Å². The first-order valence-electron chi connectivity index (χ1n) is 22.5. The van der Waals surface area contributed by atoms with Crippen LogP contribution in [0.4, 0.5) is 0 Å². The second-order valence-corrected chi connectivity index (χ2v) is 16.9. The number of benzene rings is 8. The maximum Gasteiger partial charge on any atom is 0.160 e.